The normalized spacial score (nSPS) is 12.8. The molecule has 3 N–H and O–H groups in total. The first-order valence-electron chi connectivity index (χ1n) is 4.04. The van der Waals surface area contributed by atoms with Gasteiger partial charge in [0, 0.05) is 13.7 Å². The fourth-order valence-corrected chi connectivity index (χ4v) is 0.911. The van der Waals surface area contributed by atoms with Crippen LogP contribution in [-0.2, 0) is 4.74 Å². The zero-order chi connectivity index (χ0) is 9.68. The molecule has 0 aliphatic rings. The third kappa shape index (κ3) is 3.29. The maximum Gasteiger partial charge on any atom is 0.316 e. The first kappa shape index (κ1) is 9.79. The van der Waals surface area contributed by atoms with E-state index in [1.165, 1.54) is 0 Å². The molecular formula is C7H14N4O2. The van der Waals surface area contributed by atoms with E-state index in [0.29, 0.717) is 18.5 Å². The minimum atomic E-state index is 0.0712. The molecule has 0 spiro atoms. The Hall–Kier alpha value is -1.30. The van der Waals surface area contributed by atoms with E-state index in [4.69, 9.17) is 14.9 Å². The molecule has 0 radical (unpaired) electrons. The lowest BCUT2D eigenvalue weighted by Gasteiger charge is -2.08. The summed E-state index contributed by atoms with van der Waals surface area (Å²) < 4.78 is 9.88. The molecule has 0 aliphatic carbocycles. The predicted octanol–water partition coefficient (Wildman–Crippen LogP) is 0.346. The van der Waals surface area contributed by atoms with Crippen molar-refractivity contribution in [3.63, 3.8) is 0 Å². The molecule has 1 atom stereocenters. The van der Waals surface area contributed by atoms with Crippen LogP contribution in [0.4, 0.5) is 12.0 Å². The fourth-order valence-electron chi connectivity index (χ4n) is 0.911. The first-order valence-corrected chi connectivity index (χ1v) is 4.04. The Morgan fingerprint density at radius 2 is 2.38 bits per heavy atom. The number of nitrogens with one attached hydrogen (secondary N) is 1. The first-order chi connectivity index (χ1) is 6.22. The fraction of sp³-hybridized carbons (Fsp3) is 0.714. The van der Waals surface area contributed by atoms with Crippen LogP contribution in [0.1, 0.15) is 6.92 Å². The second-order valence-corrected chi connectivity index (χ2v) is 2.89. The largest absolute Gasteiger partial charge is 0.390 e. The molecule has 0 saturated heterocycles. The standard InChI is InChI=1S/C7H14N4O2/c1-5(4-12-2)3-9-7-11-10-6(8)13-7/h5H,3-4H2,1-2H3,(H2,8,10)(H,9,11). The molecule has 0 fully saturated rings. The molecule has 74 valence electrons. The number of nitrogen functional groups attached to an aromatic ring is 1. The maximum absolute atomic E-state index is 5.24. The second kappa shape index (κ2) is 4.66. The summed E-state index contributed by atoms with van der Waals surface area (Å²) in [5, 5.41) is 10.1. The van der Waals surface area contributed by atoms with E-state index >= 15 is 0 Å². The lowest BCUT2D eigenvalue weighted by molar-refractivity contribution is 0.164. The number of ether oxygens (including phenoxy) is 1. The van der Waals surface area contributed by atoms with Gasteiger partial charge in [-0.15, -0.1) is 0 Å². The molecule has 1 aromatic rings. The van der Waals surface area contributed by atoms with Gasteiger partial charge in [-0.1, -0.05) is 17.1 Å². The number of nitrogens with zero attached hydrogens (tertiary/aromatic N) is 2. The van der Waals surface area contributed by atoms with Gasteiger partial charge in [0.05, 0.1) is 6.61 Å². The topological polar surface area (TPSA) is 86.2 Å². The van der Waals surface area contributed by atoms with Crippen molar-refractivity contribution in [1.82, 2.24) is 10.2 Å². The summed E-state index contributed by atoms with van der Waals surface area (Å²) in [6, 6.07) is 0.419. The summed E-state index contributed by atoms with van der Waals surface area (Å²) in [5.74, 6) is 0.387. The Balaban J connectivity index is 2.26. The predicted molar refractivity (Wildman–Crippen MR) is 48.2 cm³/mol. The van der Waals surface area contributed by atoms with Gasteiger partial charge >= 0.3 is 12.0 Å². The molecule has 1 aromatic heterocycles. The summed E-state index contributed by atoms with van der Waals surface area (Å²) >= 11 is 0. The Labute approximate surface area is 76.5 Å². The Kier molecular flexibility index (Phi) is 3.51. The molecule has 1 heterocycles. The number of hydrogen-bond donors (Lipinski definition) is 2. The van der Waals surface area contributed by atoms with E-state index in [9.17, 15) is 0 Å². The van der Waals surface area contributed by atoms with Crippen molar-refractivity contribution in [2.75, 3.05) is 31.3 Å². The quantitative estimate of drug-likeness (QED) is 0.689. The molecule has 0 saturated carbocycles. The SMILES string of the molecule is COCC(C)CNc1nnc(N)o1. The number of methoxy groups -OCH3 is 1. The van der Waals surface area contributed by atoms with Crippen LogP contribution in [0.3, 0.4) is 0 Å². The highest BCUT2D eigenvalue weighted by molar-refractivity contribution is 5.22. The van der Waals surface area contributed by atoms with Crippen molar-refractivity contribution >= 4 is 12.0 Å². The molecule has 0 aliphatic heterocycles. The molecule has 0 amide bonds. The van der Waals surface area contributed by atoms with Gasteiger partial charge in [0.15, 0.2) is 0 Å². The Morgan fingerprint density at radius 3 is 2.92 bits per heavy atom. The molecule has 13 heavy (non-hydrogen) atoms. The van der Waals surface area contributed by atoms with Crippen molar-refractivity contribution in [2.24, 2.45) is 5.92 Å². The van der Waals surface area contributed by atoms with Gasteiger partial charge in [0.25, 0.3) is 0 Å². The van der Waals surface area contributed by atoms with Crippen LogP contribution < -0.4 is 11.1 Å². The van der Waals surface area contributed by atoms with Crippen LogP contribution in [0.2, 0.25) is 0 Å². The molecule has 6 nitrogen and oxygen atoms in total. The van der Waals surface area contributed by atoms with Crippen LogP contribution in [0.5, 0.6) is 0 Å². The number of hydrogen-bond acceptors (Lipinski definition) is 6. The van der Waals surface area contributed by atoms with Crippen molar-refractivity contribution < 1.29 is 9.15 Å². The van der Waals surface area contributed by atoms with Crippen LogP contribution in [0.15, 0.2) is 4.42 Å². The third-order valence-electron chi connectivity index (χ3n) is 1.49. The van der Waals surface area contributed by atoms with Crippen LogP contribution >= 0.6 is 0 Å². The lowest BCUT2D eigenvalue weighted by Crippen LogP contribution is -2.15. The number of anilines is 2. The molecule has 1 rings (SSSR count). The number of rotatable bonds is 5. The van der Waals surface area contributed by atoms with Crippen molar-refractivity contribution in [3.8, 4) is 0 Å². The summed E-state index contributed by atoms with van der Waals surface area (Å²) in [7, 11) is 1.67. The van der Waals surface area contributed by atoms with Gasteiger partial charge in [-0.05, 0) is 5.92 Å². The van der Waals surface area contributed by atoms with Gasteiger partial charge in [0.2, 0.25) is 0 Å². The minimum Gasteiger partial charge on any atom is -0.390 e. The van der Waals surface area contributed by atoms with Crippen molar-refractivity contribution in [1.29, 1.82) is 0 Å². The van der Waals surface area contributed by atoms with E-state index in [-0.39, 0.29) is 6.01 Å². The van der Waals surface area contributed by atoms with Crippen molar-refractivity contribution in [3.05, 3.63) is 0 Å². The third-order valence-corrected chi connectivity index (χ3v) is 1.49. The van der Waals surface area contributed by atoms with Crippen molar-refractivity contribution in [2.45, 2.75) is 6.92 Å². The average Bonchev–Trinajstić information content (AvgIpc) is 2.49. The molecule has 6 heteroatoms. The second-order valence-electron chi connectivity index (χ2n) is 2.89. The Bertz CT molecular complexity index is 250. The van der Waals surface area contributed by atoms with E-state index in [2.05, 4.69) is 22.4 Å². The van der Waals surface area contributed by atoms with E-state index in [0.717, 1.165) is 6.54 Å². The Morgan fingerprint density at radius 1 is 1.62 bits per heavy atom. The number of nitrogens with two attached hydrogens (primary N) is 1. The highest BCUT2D eigenvalue weighted by Gasteiger charge is 2.04. The van der Waals surface area contributed by atoms with Gasteiger partial charge in [-0.25, -0.2) is 0 Å². The van der Waals surface area contributed by atoms with Gasteiger partial charge in [0.1, 0.15) is 0 Å². The lowest BCUT2D eigenvalue weighted by atomic mass is 10.2. The van der Waals surface area contributed by atoms with E-state index < -0.39 is 0 Å². The van der Waals surface area contributed by atoms with Crippen LogP contribution in [-0.4, -0.2) is 30.5 Å². The van der Waals surface area contributed by atoms with Gasteiger partial charge in [-0.2, -0.15) is 0 Å². The molecular weight excluding hydrogens is 172 g/mol. The van der Waals surface area contributed by atoms with Gasteiger partial charge in [-0.3, -0.25) is 0 Å². The van der Waals surface area contributed by atoms with Gasteiger partial charge < -0.3 is 20.2 Å². The maximum atomic E-state index is 5.24. The summed E-state index contributed by atoms with van der Waals surface area (Å²) in [6.07, 6.45) is 0. The monoisotopic (exact) mass is 186 g/mol. The van der Waals surface area contributed by atoms with Crippen LogP contribution in [0, 0.1) is 5.92 Å². The summed E-state index contributed by atoms with van der Waals surface area (Å²) in [5.41, 5.74) is 5.24. The highest BCUT2D eigenvalue weighted by atomic mass is 16.5. The zero-order valence-electron chi connectivity index (χ0n) is 7.78. The molecule has 0 bridgehead atoms. The molecule has 0 aromatic carbocycles. The smallest absolute Gasteiger partial charge is 0.316 e. The highest BCUT2D eigenvalue weighted by Crippen LogP contribution is 2.06. The summed E-state index contributed by atoms with van der Waals surface area (Å²) in [6.45, 7) is 3.46. The zero-order valence-corrected chi connectivity index (χ0v) is 7.78. The van der Waals surface area contributed by atoms with Crippen LogP contribution in [0.25, 0.3) is 0 Å². The van der Waals surface area contributed by atoms with E-state index in [1.807, 2.05) is 0 Å². The number of aromatic nitrogens is 2. The average molecular weight is 186 g/mol. The molecule has 1 unspecified atom stereocenters. The van der Waals surface area contributed by atoms with E-state index in [1.54, 1.807) is 7.11 Å². The summed E-state index contributed by atoms with van der Waals surface area (Å²) in [4.78, 5) is 0. The minimum absolute atomic E-state index is 0.0712.